The second-order valence-corrected chi connectivity index (χ2v) is 6.85. The van der Waals surface area contributed by atoms with Crippen LogP contribution in [0.4, 0.5) is 0 Å². The topological polar surface area (TPSA) is 58.4 Å². The summed E-state index contributed by atoms with van der Waals surface area (Å²) in [6.45, 7) is 12.0. The van der Waals surface area contributed by atoms with Gasteiger partial charge >= 0.3 is 0 Å². The van der Waals surface area contributed by atoms with Crippen LogP contribution in [0.3, 0.4) is 0 Å². The van der Waals surface area contributed by atoms with Gasteiger partial charge < -0.3 is 16.0 Å². The zero-order valence-electron chi connectivity index (χ0n) is 14.4. The number of hydrogen-bond acceptors (Lipinski definition) is 3. The zero-order chi connectivity index (χ0) is 15.8. The highest BCUT2D eigenvalue weighted by atomic mass is 16.1. The van der Waals surface area contributed by atoms with Crippen LogP contribution in [0.25, 0.3) is 0 Å². The second-order valence-electron chi connectivity index (χ2n) is 6.85. The van der Waals surface area contributed by atoms with Crippen molar-refractivity contribution in [1.82, 2.24) is 10.2 Å². The quantitative estimate of drug-likeness (QED) is 0.723. The van der Waals surface area contributed by atoms with E-state index in [1.165, 1.54) is 0 Å². The van der Waals surface area contributed by atoms with Crippen molar-refractivity contribution in [3.63, 3.8) is 0 Å². The van der Waals surface area contributed by atoms with Gasteiger partial charge in [0.25, 0.3) is 0 Å². The van der Waals surface area contributed by atoms with Crippen LogP contribution in [-0.2, 0) is 4.79 Å². The van der Waals surface area contributed by atoms with Gasteiger partial charge in [0.05, 0.1) is 0 Å². The highest BCUT2D eigenvalue weighted by Crippen LogP contribution is 2.28. The molecule has 4 atom stereocenters. The summed E-state index contributed by atoms with van der Waals surface area (Å²) in [6, 6.07) is 0.462. The predicted molar refractivity (Wildman–Crippen MR) is 89.1 cm³/mol. The Balaban J connectivity index is 2.27. The highest BCUT2D eigenvalue weighted by Gasteiger charge is 2.29. The second kappa shape index (κ2) is 9.42. The monoisotopic (exact) mass is 297 g/mol. The Hall–Kier alpha value is -0.610. The highest BCUT2D eigenvalue weighted by molar-refractivity contribution is 5.79. The van der Waals surface area contributed by atoms with Crippen LogP contribution < -0.4 is 11.1 Å². The first kappa shape index (κ1) is 18.4. The molecule has 4 heteroatoms. The maximum Gasteiger partial charge on any atom is 0.223 e. The Morgan fingerprint density at radius 1 is 1.29 bits per heavy atom. The molecule has 4 nitrogen and oxygen atoms in total. The molecule has 1 amide bonds. The smallest absolute Gasteiger partial charge is 0.223 e. The van der Waals surface area contributed by atoms with Gasteiger partial charge in [0.1, 0.15) is 0 Å². The van der Waals surface area contributed by atoms with Gasteiger partial charge in [-0.3, -0.25) is 4.79 Å². The van der Waals surface area contributed by atoms with Gasteiger partial charge in [0.2, 0.25) is 5.91 Å². The molecule has 0 saturated heterocycles. The number of nitrogens with zero attached hydrogens (tertiary/aromatic N) is 1. The summed E-state index contributed by atoms with van der Waals surface area (Å²) < 4.78 is 0. The van der Waals surface area contributed by atoms with E-state index in [9.17, 15) is 4.79 Å². The van der Waals surface area contributed by atoms with E-state index < -0.39 is 0 Å². The summed E-state index contributed by atoms with van der Waals surface area (Å²) in [5.41, 5.74) is 6.04. The van der Waals surface area contributed by atoms with Crippen LogP contribution in [-0.4, -0.2) is 42.5 Å². The molecule has 1 aliphatic carbocycles. The Bertz CT molecular complexity index is 294. The number of nitrogens with two attached hydrogens (primary N) is 1. The van der Waals surface area contributed by atoms with E-state index in [1.807, 2.05) is 0 Å². The fourth-order valence-corrected chi connectivity index (χ4v) is 3.46. The Morgan fingerprint density at radius 3 is 2.52 bits per heavy atom. The minimum absolute atomic E-state index is 0.119. The Labute approximate surface area is 130 Å². The fourth-order valence-electron chi connectivity index (χ4n) is 3.46. The minimum Gasteiger partial charge on any atom is -0.353 e. The van der Waals surface area contributed by atoms with E-state index in [4.69, 9.17) is 5.73 Å². The van der Waals surface area contributed by atoms with Crippen molar-refractivity contribution < 1.29 is 4.79 Å². The molecule has 21 heavy (non-hydrogen) atoms. The molecule has 0 aromatic heterocycles. The van der Waals surface area contributed by atoms with Crippen LogP contribution in [0.15, 0.2) is 0 Å². The van der Waals surface area contributed by atoms with Crippen molar-refractivity contribution in [2.45, 2.75) is 71.9 Å². The van der Waals surface area contributed by atoms with Crippen LogP contribution in [0, 0.1) is 11.8 Å². The van der Waals surface area contributed by atoms with Gasteiger partial charge in [0.15, 0.2) is 0 Å². The summed E-state index contributed by atoms with van der Waals surface area (Å²) >= 11 is 0. The van der Waals surface area contributed by atoms with Crippen LogP contribution >= 0.6 is 0 Å². The van der Waals surface area contributed by atoms with Gasteiger partial charge in [0, 0.05) is 18.0 Å². The lowest BCUT2D eigenvalue weighted by molar-refractivity contribution is -0.127. The third-order valence-electron chi connectivity index (χ3n) is 4.74. The van der Waals surface area contributed by atoms with Crippen molar-refractivity contribution in [3.8, 4) is 0 Å². The number of carbonyl (C=O) groups is 1. The average Bonchev–Trinajstić information content (AvgIpc) is 2.42. The summed E-state index contributed by atoms with van der Waals surface area (Å²) in [6.07, 6.45) is 5.09. The molecule has 1 rings (SSSR count). The molecule has 0 heterocycles. The van der Waals surface area contributed by atoms with Crippen LogP contribution in [0.1, 0.15) is 59.8 Å². The molecular weight excluding hydrogens is 262 g/mol. The largest absolute Gasteiger partial charge is 0.353 e. The molecule has 0 spiro atoms. The Kier molecular flexibility index (Phi) is 8.27. The van der Waals surface area contributed by atoms with Gasteiger partial charge in [-0.05, 0) is 64.6 Å². The first-order valence-electron chi connectivity index (χ1n) is 8.74. The number of carbonyl (C=O) groups excluding carboxylic acids is 1. The third-order valence-corrected chi connectivity index (χ3v) is 4.74. The van der Waals surface area contributed by atoms with Crippen molar-refractivity contribution in [2.24, 2.45) is 17.6 Å². The standard InChI is InChI=1S/C17H35N3O/c1-5-20(6-2)9-7-8-14(4)19-17(21)15-10-13(3)11-16(18)12-15/h13-16H,5-12,18H2,1-4H3,(H,19,21). The first-order valence-corrected chi connectivity index (χ1v) is 8.74. The Morgan fingerprint density at radius 2 is 1.95 bits per heavy atom. The maximum atomic E-state index is 12.3. The summed E-state index contributed by atoms with van der Waals surface area (Å²) in [7, 11) is 0. The first-order chi connectivity index (χ1) is 9.96. The van der Waals surface area contributed by atoms with Gasteiger partial charge in [-0.25, -0.2) is 0 Å². The summed E-state index contributed by atoms with van der Waals surface area (Å²) in [4.78, 5) is 14.8. The number of rotatable bonds is 8. The SMILES string of the molecule is CCN(CC)CCCC(C)NC(=O)C1CC(C)CC(N)C1. The molecule has 0 aliphatic heterocycles. The van der Waals surface area contributed by atoms with Crippen LogP contribution in [0.5, 0.6) is 0 Å². The van der Waals surface area contributed by atoms with E-state index in [0.29, 0.717) is 5.92 Å². The molecule has 1 aliphatic rings. The van der Waals surface area contributed by atoms with Gasteiger partial charge in [-0.2, -0.15) is 0 Å². The molecule has 4 unspecified atom stereocenters. The van der Waals surface area contributed by atoms with Gasteiger partial charge in [-0.15, -0.1) is 0 Å². The number of nitrogens with one attached hydrogen (secondary N) is 1. The maximum absolute atomic E-state index is 12.3. The van der Waals surface area contributed by atoms with Crippen molar-refractivity contribution in [2.75, 3.05) is 19.6 Å². The summed E-state index contributed by atoms with van der Waals surface area (Å²) in [5.74, 6) is 0.906. The van der Waals surface area contributed by atoms with E-state index in [0.717, 1.165) is 51.7 Å². The van der Waals surface area contributed by atoms with Crippen molar-refractivity contribution in [3.05, 3.63) is 0 Å². The average molecular weight is 297 g/mol. The van der Waals surface area contributed by atoms with E-state index in [1.54, 1.807) is 0 Å². The molecule has 1 saturated carbocycles. The van der Waals surface area contributed by atoms with Crippen molar-refractivity contribution >= 4 is 5.91 Å². The third kappa shape index (κ3) is 6.79. The van der Waals surface area contributed by atoms with Gasteiger partial charge in [-0.1, -0.05) is 20.8 Å². The lowest BCUT2D eigenvalue weighted by Gasteiger charge is -2.31. The molecule has 0 aromatic rings. The minimum atomic E-state index is 0.119. The van der Waals surface area contributed by atoms with E-state index in [-0.39, 0.29) is 23.9 Å². The predicted octanol–water partition coefficient (Wildman–Crippen LogP) is 2.38. The number of amides is 1. The summed E-state index contributed by atoms with van der Waals surface area (Å²) in [5, 5.41) is 3.19. The van der Waals surface area contributed by atoms with E-state index in [2.05, 4.69) is 37.9 Å². The van der Waals surface area contributed by atoms with E-state index >= 15 is 0 Å². The normalized spacial score (nSPS) is 27.6. The zero-order valence-corrected chi connectivity index (χ0v) is 14.4. The van der Waals surface area contributed by atoms with Crippen molar-refractivity contribution in [1.29, 1.82) is 0 Å². The molecule has 1 fully saturated rings. The molecule has 0 aromatic carbocycles. The van der Waals surface area contributed by atoms with Crippen LogP contribution in [0.2, 0.25) is 0 Å². The lowest BCUT2D eigenvalue weighted by Crippen LogP contribution is -2.43. The number of hydrogen-bond donors (Lipinski definition) is 2. The molecule has 0 bridgehead atoms. The molecule has 3 N–H and O–H groups in total. The molecule has 124 valence electrons. The molecule has 0 radical (unpaired) electrons. The fraction of sp³-hybridized carbons (Fsp3) is 0.941. The lowest BCUT2D eigenvalue weighted by atomic mass is 9.79. The molecular formula is C17H35N3O.